The van der Waals surface area contributed by atoms with Crippen LogP contribution in [-0.2, 0) is 21.4 Å². The summed E-state index contributed by atoms with van der Waals surface area (Å²) in [4.78, 5) is 19.6. The minimum atomic E-state index is -3.89. The zero-order chi connectivity index (χ0) is 17.9. The van der Waals surface area contributed by atoms with Crippen molar-refractivity contribution in [2.24, 2.45) is 0 Å². The fourth-order valence-electron chi connectivity index (χ4n) is 2.83. The smallest absolute Gasteiger partial charge is 0.244 e. The van der Waals surface area contributed by atoms with E-state index in [1.807, 2.05) is 0 Å². The summed E-state index contributed by atoms with van der Waals surface area (Å²) in [6.07, 6.45) is 5.25. The van der Waals surface area contributed by atoms with Gasteiger partial charge in [-0.25, -0.2) is 13.4 Å². The van der Waals surface area contributed by atoms with Crippen LogP contribution in [0.25, 0.3) is 0 Å². The third-order valence-electron chi connectivity index (χ3n) is 4.13. The number of aromatic nitrogens is 2. The maximum Gasteiger partial charge on any atom is 0.244 e. The fraction of sp³-hybridized carbons (Fsp3) is 0.375. The third kappa shape index (κ3) is 4.02. The number of imidazole rings is 1. The Kier molecular flexibility index (Phi) is 5.41. The molecule has 2 heterocycles. The average Bonchev–Trinajstić information content (AvgIpc) is 3.01. The molecular weight excluding hydrogens is 364 g/mol. The predicted molar refractivity (Wildman–Crippen MR) is 93.4 cm³/mol. The number of H-pyrrole nitrogens is 1. The molecule has 1 fully saturated rings. The van der Waals surface area contributed by atoms with Crippen molar-refractivity contribution in [1.29, 1.82) is 0 Å². The van der Waals surface area contributed by atoms with E-state index < -0.39 is 16.1 Å². The summed E-state index contributed by atoms with van der Waals surface area (Å²) >= 11 is 5.86. The molecule has 7 nitrogen and oxygen atoms in total. The van der Waals surface area contributed by atoms with Crippen LogP contribution in [-0.4, -0.2) is 41.2 Å². The van der Waals surface area contributed by atoms with E-state index in [0.717, 1.165) is 12.8 Å². The zero-order valence-corrected chi connectivity index (χ0v) is 15.1. The molecule has 25 heavy (non-hydrogen) atoms. The molecule has 0 radical (unpaired) electrons. The topological polar surface area (TPSA) is 95.2 Å². The highest BCUT2D eigenvalue weighted by Crippen LogP contribution is 2.25. The quantitative estimate of drug-likeness (QED) is 0.825. The van der Waals surface area contributed by atoms with Gasteiger partial charge in [-0.3, -0.25) is 4.79 Å². The number of rotatable bonds is 5. The number of hydrogen-bond donors (Lipinski definition) is 2. The van der Waals surface area contributed by atoms with Gasteiger partial charge in [-0.2, -0.15) is 4.31 Å². The Hall–Kier alpha value is -1.90. The van der Waals surface area contributed by atoms with Crippen molar-refractivity contribution in [2.75, 3.05) is 6.54 Å². The Bertz CT molecular complexity index is 822. The number of benzene rings is 1. The normalized spacial score (nSPS) is 18.8. The van der Waals surface area contributed by atoms with Crippen molar-refractivity contribution in [2.45, 2.75) is 36.7 Å². The molecular formula is C16H19ClN4O3S. The SMILES string of the molecule is O=C1NCCCC[C@H]1N(Cc1ncc[nH]1)S(=O)(=O)c1ccc(Cl)cc1. The summed E-state index contributed by atoms with van der Waals surface area (Å²) in [6.45, 7) is 0.557. The van der Waals surface area contributed by atoms with Crippen molar-refractivity contribution in [3.8, 4) is 0 Å². The maximum absolute atomic E-state index is 13.2. The molecule has 1 aromatic carbocycles. The number of nitrogens with one attached hydrogen (secondary N) is 2. The van der Waals surface area contributed by atoms with Gasteiger partial charge in [-0.15, -0.1) is 0 Å². The monoisotopic (exact) mass is 382 g/mol. The molecule has 3 rings (SSSR count). The summed E-state index contributed by atoms with van der Waals surface area (Å²) in [6, 6.07) is 5.16. The molecule has 2 N–H and O–H groups in total. The highest BCUT2D eigenvalue weighted by Gasteiger charge is 2.37. The number of halogens is 1. The van der Waals surface area contributed by atoms with Gasteiger partial charge >= 0.3 is 0 Å². The number of carbonyl (C=O) groups excluding carboxylic acids is 1. The van der Waals surface area contributed by atoms with Crippen LogP contribution < -0.4 is 5.32 Å². The molecule has 0 bridgehead atoms. The lowest BCUT2D eigenvalue weighted by Crippen LogP contribution is -2.48. The Labute approximate surface area is 151 Å². The average molecular weight is 383 g/mol. The summed E-state index contributed by atoms with van der Waals surface area (Å²) in [7, 11) is -3.89. The number of hydrogen-bond acceptors (Lipinski definition) is 4. The molecule has 9 heteroatoms. The van der Waals surface area contributed by atoms with Crippen LogP contribution in [0.15, 0.2) is 41.6 Å². The summed E-state index contributed by atoms with van der Waals surface area (Å²) in [5.41, 5.74) is 0. The largest absolute Gasteiger partial charge is 0.355 e. The van der Waals surface area contributed by atoms with Gasteiger partial charge in [0.15, 0.2) is 0 Å². The van der Waals surface area contributed by atoms with Crippen LogP contribution in [0.4, 0.5) is 0 Å². The molecule has 1 aliphatic rings. The van der Waals surface area contributed by atoms with Gasteiger partial charge in [0, 0.05) is 24.0 Å². The predicted octanol–water partition coefficient (Wildman–Crippen LogP) is 1.92. The van der Waals surface area contributed by atoms with Gasteiger partial charge < -0.3 is 10.3 Å². The highest BCUT2D eigenvalue weighted by atomic mass is 35.5. The first-order chi connectivity index (χ1) is 12.0. The lowest BCUT2D eigenvalue weighted by Gasteiger charge is -2.28. The van der Waals surface area contributed by atoms with Crippen LogP contribution in [0.3, 0.4) is 0 Å². The van der Waals surface area contributed by atoms with E-state index in [0.29, 0.717) is 23.8 Å². The van der Waals surface area contributed by atoms with Gasteiger partial charge in [0.25, 0.3) is 0 Å². The van der Waals surface area contributed by atoms with Crippen LogP contribution in [0, 0.1) is 0 Å². The maximum atomic E-state index is 13.2. The lowest BCUT2D eigenvalue weighted by molar-refractivity contribution is -0.124. The van der Waals surface area contributed by atoms with Crippen LogP contribution in [0.1, 0.15) is 25.1 Å². The van der Waals surface area contributed by atoms with Gasteiger partial charge in [-0.1, -0.05) is 11.6 Å². The number of amides is 1. The Morgan fingerprint density at radius 1 is 1.24 bits per heavy atom. The minimum absolute atomic E-state index is 0.00392. The molecule has 0 aliphatic carbocycles. The van der Waals surface area contributed by atoms with Crippen molar-refractivity contribution >= 4 is 27.5 Å². The van der Waals surface area contributed by atoms with E-state index in [-0.39, 0.29) is 17.3 Å². The first kappa shape index (κ1) is 17.9. The molecule has 1 aromatic heterocycles. The van der Waals surface area contributed by atoms with Gasteiger partial charge in [0.2, 0.25) is 15.9 Å². The fourth-order valence-corrected chi connectivity index (χ4v) is 4.54. The van der Waals surface area contributed by atoms with Crippen LogP contribution in [0.5, 0.6) is 0 Å². The van der Waals surface area contributed by atoms with Crippen molar-refractivity contribution < 1.29 is 13.2 Å². The Balaban J connectivity index is 2.00. The lowest BCUT2D eigenvalue weighted by atomic mass is 10.1. The van der Waals surface area contributed by atoms with Gasteiger partial charge in [0.05, 0.1) is 11.4 Å². The summed E-state index contributed by atoms with van der Waals surface area (Å²) in [5, 5.41) is 3.24. The number of aromatic amines is 1. The van der Waals surface area contributed by atoms with E-state index in [2.05, 4.69) is 15.3 Å². The number of carbonyl (C=O) groups is 1. The van der Waals surface area contributed by atoms with Crippen LogP contribution in [0.2, 0.25) is 5.02 Å². The number of sulfonamides is 1. The van der Waals surface area contributed by atoms with Crippen molar-refractivity contribution in [3.05, 3.63) is 47.5 Å². The van der Waals surface area contributed by atoms with E-state index in [1.165, 1.54) is 28.6 Å². The van der Waals surface area contributed by atoms with E-state index >= 15 is 0 Å². The molecule has 0 saturated carbocycles. The summed E-state index contributed by atoms with van der Waals surface area (Å²) in [5.74, 6) is 0.205. The molecule has 134 valence electrons. The molecule has 1 saturated heterocycles. The van der Waals surface area contributed by atoms with Crippen molar-refractivity contribution in [1.82, 2.24) is 19.6 Å². The second-order valence-electron chi connectivity index (χ2n) is 5.84. The second kappa shape index (κ2) is 7.55. The standard InChI is InChI=1S/C16H19ClN4O3S/c17-12-4-6-13(7-5-12)25(23,24)21(11-15-18-9-10-19-15)14-3-1-2-8-20-16(14)22/h4-7,9-10,14H,1-3,8,11H2,(H,18,19)(H,20,22)/t14-/m1/s1. The van der Waals surface area contributed by atoms with E-state index in [1.54, 1.807) is 12.4 Å². The van der Waals surface area contributed by atoms with E-state index in [4.69, 9.17) is 11.6 Å². The van der Waals surface area contributed by atoms with Gasteiger partial charge in [0.1, 0.15) is 11.9 Å². The first-order valence-electron chi connectivity index (χ1n) is 8.02. The molecule has 0 unspecified atom stereocenters. The molecule has 1 amide bonds. The Morgan fingerprint density at radius 3 is 2.68 bits per heavy atom. The highest BCUT2D eigenvalue weighted by molar-refractivity contribution is 7.89. The van der Waals surface area contributed by atoms with Crippen molar-refractivity contribution in [3.63, 3.8) is 0 Å². The first-order valence-corrected chi connectivity index (χ1v) is 9.83. The van der Waals surface area contributed by atoms with E-state index in [9.17, 15) is 13.2 Å². The molecule has 0 spiro atoms. The van der Waals surface area contributed by atoms with Crippen LogP contribution >= 0.6 is 11.6 Å². The third-order valence-corrected chi connectivity index (χ3v) is 6.26. The zero-order valence-electron chi connectivity index (χ0n) is 13.5. The number of nitrogens with zero attached hydrogens (tertiary/aromatic N) is 2. The molecule has 1 aliphatic heterocycles. The van der Waals surface area contributed by atoms with Gasteiger partial charge in [-0.05, 0) is 43.5 Å². The second-order valence-corrected chi connectivity index (χ2v) is 8.17. The minimum Gasteiger partial charge on any atom is -0.355 e. The Morgan fingerprint density at radius 2 is 2.00 bits per heavy atom. The summed E-state index contributed by atoms with van der Waals surface area (Å²) < 4.78 is 27.6. The molecule has 1 atom stereocenters. The molecule has 2 aromatic rings.